The maximum Gasteiger partial charge on any atom is 0.264 e. The number of carbonyl (C=O) groups excluding carboxylic acids is 1. The first kappa shape index (κ1) is 17.4. The molecule has 2 heterocycles. The van der Waals surface area contributed by atoms with Crippen LogP contribution in [0.4, 0.5) is 10.1 Å². The van der Waals surface area contributed by atoms with Crippen LogP contribution in [-0.2, 0) is 4.79 Å². The second-order valence-electron chi connectivity index (χ2n) is 5.71. The molecule has 0 aromatic heterocycles. The fourth-order valence-electron chi connectivity index (χ4n) is 2.64. The maximum absolute atomic E-state index is 13.0. The highest BCUT2D eigenvalue weighted by molar-refractivity contribution is 8.18. The lowest BCUT2D eigenvalue weighted by molar-refractivity contribution is -0.115. The number of hydrogen-bond donors (Lipinski definition) is 1. The summed E-state index contributed by atoms with van der Waals surface area (Å²) in [5.41, 5.74) is 1.30. The molecule has 1 N–H and O–H groups in total. The van der Waals surface area contributed by atoms with Crippen molar-refractivity contribution in [1.82, 2.24) is 5.32 Å². The molecule has 0 aliphatic carbocycles. The van der Waals surface area contributed by atoms with Crippen molar-refractivity contribution in [2.24, 2.45) is 4.99 Å². The van der Waals surface area contributed by atoms with Crippen molar-refractivity contribution in [2.45, 2.75) is 0 Å². The van der Waals surface area contributed by atoms with Crippen molar-refractivity contribution < 1.29 is 23.4 Å². The number of benzene rings is 2. The van der Waals surface area contributed by atoms with E-state index in [0.717, 1.165) is 5.56 Å². The van der Waals surface area contributed by atoms with Crippen molar-refractivity contribution in [3.05, 3.63) is 52.7 Å². The van der Waals surface area contributed by atoms with Crippen molar-refractivity contribution in [3.63, 3.8) is 0 Å². The van der Waals surface area contributed by atoms with Crippen molar-refractivity contribution in [2.75, 3.05) is 20.3 Å². The minimum atomic E-state index is -0.338. The molecule has 0 unspecified atom stereocenters. The molecule has 2 aliphatic heterocycles. The Labute approximate surface area is 159 Å². The molecule has 0 bridgehead atoms. The minimum Gasteiger partial charge on any atom is -0.493 e. The average Bonchev–Trinajstić information content (AvgIpc) is 3.01. The summed E-state index contributed by atoms with van der Waals surface area (Å²) in [6.45, 7) is 0.922. The summed E-state index contributed by atoms with van der Waals surface area (Å²) < 4.78 is 29.5. The average molecular weight is 386 g/mol. The molecule has 0 saturated carbocycles. The number of nitrogens with one attached hydrogen (secondary N) is 1. The molecule has 0 radical (unpaired) electrons. The Morgan fingerprint density at radius 1 is 1.22 bits per heavy atom. The van der Waals surface area contributed by atoms with Crippen LogP contribution in [0.15, 0.2) is 46.3 Å². The molecule has 0 atom stereocenters. The van der Waals surface area contributed by atoms with Crippen LogP contribution in [-0.4, -0.2) is 31.4 Å². The van der Waals surface area contributed by atoms with Crippen LogP contribution >= 0.6 is 11.8 Å². The van der Waals surface area contributed by atoms with Crippen molar-refractivity contribution in [3.8, 4) is 17.2 Å². The van der Waals surface area contributed by atoms with E-state index in [1.807, 2.05) is 0 Å². The molecular weight excluding hydrogens is 371 g/mol. The Morgan fingerprint density at radius 3 is 2.78 bits per heavy atom. The molecule has 0 spiro atoms. The summed E-state index contributed by atoms with van der Waals surface area (Å²) in [5, 5.41) is 3.14. The molecule has 138 valence electrons. The third-order valence-corrected chi connectivity index (χ3v) is 4.77. The van der Waals surface area contributed by atoms with Gasteiger partial charge in [-0.25, -0.2) is 9.38 Å². The SMILES string of the molecule is COc1cc(/C=C2\SC(=Nc3ccc(F)cc3)NC2=O)cc2c1OCCO2. The van der Waals surface area contributed by atoms with Gasteiger partial charge in [0, 0.05) is 0 Å². The fraction of sp³-hybridized carbons (Fsp3) is 0.158. The molecule has 2 aliphatic rings. The zero-order valence-corrected chi connectivity index (χ0v) is 15.1. The Bertz CT molecular complexity index is 940. The number of amidine groups is 1. The number of ether oxygens (including phenoxy) is 3. The third kappa shape index (κ3) is 3.75. The van der Waals surface area contributed by atoms with Crippen LogP contribution < -0.4 is 19.5 Å². The molecule has 1 saturated heterocycles. The maximum atomic E-state index is 13.0. The largest absolute Gasteiger partial charge is 0.493 e. The van der Waals surface area contributed by atoms with Gasteiger partial charge in [0.15, 0.2) is 16.7 Å². The summed E-state index contributed by atoms with van der Waals surface area (Å²) >= 11 is 1.21. The first-order chi connectivity index (χ1) is 13.1. The van der Waals surface area contributed by atoms with Gasteiger partial charge in [0.2, 0.25) is 5.75 Å². The van der Waals surface area contributed by atoms with Crippen molar-refractivity contribution >= 4 is 34.6 Å². The van der Waals surface area contributed by atoms with Crippen LogP contribution in [0, 0.1) is 5.82 Å². The Hall–Kier alpha value is -3.00. The van der Waals surface area contributed by atoms with Gasteiger partial charge in [-0.15, -0.1) is 0 Å². The van der Waals surface area contributed by atoms with E-state index in [1.165, 1.54) is 23.9 Å². The predicted octanol–water partition coefficient (Wildman–Crippen LogP) is 3.50. The summed E-state index contributed by atoms with van der Waals surface area (Å²) in [5.74, 6) is 1.09. The second kappa shape index (κ2) is 7.32. The Morgan fingerprint density at radius 2 is 2.00 bits per heavy atom. The summed E-state index contributed by atoms with van der Waals surface area (Å²) in [4.78, 5) is 17.0. The first-order valence-electron chi connectivity index (χ1n) is 8.15. The zero-order valence-electron chi connectivity index (χ0n) is 14.3. The van der Waals surface area contributed by atoms with E-state index in [0.29, 0.717) is 46.2 Å². The number of nitrogens with zero attached hydrogens (tertiary/aromatic N) is 1. The van der Waals surface area contributed by atoms with Crippen LogP contribution in [0.25, 0.3) is 6.08 Å². The Balaban J connectivity index is 1.61. The molecule has 1 amide bonds. The van der Waals surface area contributed by atoms with Crippen LogP contribution in [0.5, 0.6) is 17.2 Å². The van der Waals surface area contributed by atoms with E-state index in [-0.39, 0.29) is 11.7 Å². The van der Waals surface area contributed by atoms with Gasteiger partial charge in [-0.3, -0.25) is 4.79 Å². The molecule has 8 heteroatoms. The highest BCUT2D eigenvalue weighted by atomic mass is 32.2. The highest BCUT2D eigenvalue weighted by Crippen LogP contribution is 2.41. The fourth-order valence-corrected chi connectivity index (χ4v) is 3.48. The van der Waals surface area contributed by atoms with Crippen LogP contribution in [0.2, 0.25) is 0 Å². The number of thioether (sulfide) groups is 1. The predicted molar refractivity (Wildman–Crippen MR) is 101 cm³/mol. The van der Waals surface area contributed by atoms with Gasteiger partial charge < -0.3 is 19.5 Å². The number of amides is 1. The van der Waals surface area contributed by atoms with E-state index in [9.17, 15) is 9.18 Å². The number of aliphatic imine (C=N–C) groups is 1. The number of halogens is 1. The second-order valence-corrected chi connectivity index (χ2v) is 6.74. The van der Waals surface area contributed by atoms with Crippen LogP contribution in [0.3, 0.4) is 0 Å². The zero-order chi connectivity index (χ0) is 18.8. The molecule has 1 fully saturated rings. The topological polar surface area (TPSA) is 69.2 Å². The van der Waals surface area contributed by atoms with E-state index in [2.05, 4.69) is 10.3 Å². The van der Waals surface area contributed by atoms with Gasteiger partial charge in [-0.2, -0.15) is 0 Å². The number of hydrogen-bond acceptors (Lipinski definition) is 6. The summed E-state index contributed by atoms with van der Waals surface area (Å²) in [6.07, 6.45) is 1.73. The van der Waals surface area contributed by atoms with E-state index < -0.39 is 0 Å². The number of carbonyl (C=O) groups is 1. The number of fused-ring (bicyclic) bond motifs is 1. The summed E-state index contributed by atoms with van der Waals surface area (Å²) in [7, 11) is 1.55. The standard InChI is InChI=1S/C19H15FN2O4S/c1-24-14-8-11(9-15-17(14)26-7-6-25-15)10-16-18(23)22-19(27-16)21-13-4-2-12(20)3-5-13/h2-5,8-10H,6-7H2,1H3,(H,21,22,23)/b16-10-. The smallest absolute Gasteiger partial charge is 0.264 e. The number of methoxy groups -OCH3 is 1. The van der Waals surface area contributed by atoms with E-state index in [4.69, 9.17) is 14.2 Å². The monoisotopic (exact) mass is 386 g/mol. The van der Waals surface area contributed by atoms with E-state index >= 15 is 0 Å². The quantitative estimate of drug-likeness (QED) is 0.818. The molecular formula is C19H15FN2O4S. The minimum absolute atomic E-state index is 0.255. The lowest BCUT2D eigenvalue weighted by atomic mass is 10.1. The highest BCUT2D eigenvalue weighted by Gasteiger charge is 2.25. The molecule has 2 aromatic carbocycles. The third-order valence-electron chi connectivity index (χ3n) is 3.86. The van der Waals surface area contributed by atoms with Crippen molar-refractivity contribution in [1.29, 1.82) is 0 Å². The summed E-state index contributed by atoms with van der Waals surface area (Å²) in [6, 6.07) is 9.30. The molecule has 27 heavy (non-hydrogen) atoms. The van der Waals surface area contributed by atoms with Gasteiger partial charge in [0.05, 0.1) is 17.7 Å². The normalized spacial score (nSPS) is 18.7. The molecule has 6 nitrogen and oxygen atoms in total. The van der Waals surface area contributed by atoms with Gasteiger partial charge in [-0.05, 0) is 59.8 Å². The number of rotatable bonds is 3. The molecule has 2 aromatic rings. The lowest BCUT2D eigenvalue weighted by Crippen LogP contribution is -2.19. The van der Waals surface area contributed by atoms with Crippen LogP contribution in [0.1, 0.15) is 5.56 Å². The molecule has 4 rings (SSSR count). The van der Waals surface area contributed by atoms with Gasteiger partial charge in [-0.1, -0.05) is 0 Å². The lowest BCUT2D eigenvalue weighted by Gasteiger charge is -2.21. The van der Waals surface area contributed by atoms with Gasteiger partial charge in [0.1, 0.15) is 19.0 Å². The Kier molecular flexibility index (Phi) is 4.72. The van der Waals surface area contributed by atoms with Gasteiger partial charge in [0.25, 0.3) is 5.91 Å². The van der Waals surface area contributed by atoms with E-state index in [1.54, 1.807) is 37.5 Å². The first-order valence-corrected chi connectivity index (χ1v) is 8.97. The van der Waals surface area contributed by atoms with Gasteiger partial charge >= 0.3 is 0 Å².